The topological polar surface area (TPSA) is 20.3 Å². The molecule has 0 aliphatic carbocycles. The summed E-state index contributed by atoms with van der Waals surface area (Å²) in [4.78, 5) is 13.8. The zero-order valence-electron chi connectivity index (χ0n) is 10.1. The van der Waals surface area contributed by atoms with Crippen LogP contribution in [0.3, 0.4) is 0 Å². The Morgan fingerprint density at radius 2 is 1.67 bits per heavy atom. The van der Waals surface area contributed by atoms with Gasteiger partial charge in [0.2, 0.25) is 0 Å². The van der Waals surface area contributed by atoms with Crippen LogP contribution in [0.4, 0.5) is 10.1 Å². The molecule has 2 aromatic carbocycles. The second-order valence-electron chi connectivity index (χ2n) is 4.09. The average molecular weight is 243 g/mol. The van der Waals surface area contributed by atoms with Crippen molar-refractivity contribution in [1.29, 1.82) is 0 Å². The van der Waals surface area contributed by atoms with Crippen molar-refractivity contribution in [3.8, 4) is 0 Å². The number of carbonyl (C=O) groups excluding carboxylic acids is 1. The molecule has 2 nitrogen and oxygen atoms in total. The van der Waals surface area contributed by atoms with Gasteiger partial charge in [-0.1, -0.05) is 30.3 Å². The van der Waals surface area contributed by atoms with Crippen LogP contribution in [0.5, 0.6) is 0 Å². The van der Waals surface area contributed by atoms with Gasteiger partial charge in [0.1, 0.15) is 5.82 Å². The summed E-state index contributed by atoms with van der Waals surface area (Å²) in [5, 5.41) is 0. The zero-order chi connectivity index (χ0) is 13.0. The number of carbonyl (C=O) groups is 1. The van der Waals surface area contributed by atoms with Crippen molar-refractivity contribution in [1.82, 2.24) is 0 Å². The minimum atomic E-state index is -0.469. The molecule has 0 unspecified atom stereocenters. The summed E-state index contributed by atoms with van der Waals surface area (Å²) in [5.74, 6) is -0.691. The third-order valence-electron chi connectivity index (χ3n) is 2.75. The molecule has 2 rings (SSSR count). The van der Waals surface area contributed by atoms with Crippen LogP contribution in [0.25, 0.3) is 0 Å². The smallest absolute Gasteiger partial charge is 0.185 e. The van der Waals surface area contributed by atoms with Crippen LogP contribution in [0, 0.1) is 5.82 Å². The van der Waals surface area contributed by atoms with Crippen LogP contribution in [0.2, 0.25) is 0 Å². The van der Waals surface area contributed by atoms with Crippen molar-refractivity contribution in [3.63, 3.8) is 0 Å². The zero-order valence-corrected chi connectivity index (χ0v) is 10.1. The molecule has 0 fully saturated rings. The number of anilines is 1. The summed E-state index contributed by atoms with van der Waals surface area (Å²) >= 11 is 0. The van der Waals surface area contributed by atoms with E-state index in [4.69, 9.17) is 0 Å². The van der Waals surface area contributed by atoms with Gasteiger partial charge in [-0.15, -0.1) is 0 Å². The van der Waals surface area contributed by atoms with E-state index in [1.54, 1.807) is 17.0 Å². The van der Waals surface area contributed by atoms with Crippen molar-refractivity contribution in [2.45, 2.75) is 0 Å². The molecule has 0 amide bonds. The Morgan fingerprint density at radius 3 is 2.33 bits per heavy atom. The van der Waals surface area contributed by atoms with Crippen LogP contribution in [-0.4, -0.2) is 19.4 Å². The normalized spacial score (nSPS) is 10.1. The summed E-state index contributed by atoms with van der Waals surface area (Å²) in [6.07, 6.45) is 0. The second-order valence-corrected chi connectivity index (χ2v) is 4.09. The quantitative estimate of drug-likeness (QED) is 0.769. The second kappa shape index (κ2) is 5.45. The highest BCUT2D eigenvalue weighted by molar-refractivity contribution is 5.99. The molecule has 0 spiro atoms. The number of nitrogens with zero attached hydrogens (tertiary/aromatic N) is 1. The summed E-state index contributed by atoms with van der Waals surface area (Å²) in [6.45, 7) is 0.158. The van der Waals surface area contributed by atoms with Crippen molar-refractivity contribution in [2.75, 3.05) is 18.5 Å². The van der Waals surface area contributed by atoms with E-state index >= 15 is 0 Å². The minimum Gasteiger partial charge on any atom is -0.367 e. The van der Waals surface area contributed by atoms with Gasteiger partial charge in [0, 0.05) is 12.7 Å². The highest BCUT2D eigenvalue weighted by atomic mass is 19.1. The highest BCUT2D eigenvalue weighted by Gasteiger charge is 2.13. The molecule has 0 saturated carbocycles. The van der Waals surface area contributed by atoms with Gasteiger partial charge in [-0.2, -0.15) is 0 Å². The molecule has 0 saturated heterocycles. The summed E-state index contributed by atoms with van der Waals surface area (Å²) < 4.78 is 13.5. The van der Waals surface area contributed by atoms with Gasteiger partial charge in [-0.25, -0.2) is 4.39 Å². The van der Waals surface area contributed by atoms with Gasteiger partial charge in [0.15, 0.2) is 5.78 Å². The molecule has 18 heavy (non-hydrogen) atoms. The first kappa shape index (κ1) is 12.3. The van der Waals surface area contributed by atoms with E-state index in [2.05, 4.69) is 0 Å². The van der Waals surface area contributed by atoms with E-state index in [-0.39, 0.29) is 17.9 Å². The molecule has 0 aromatic heterocycles. The lowest BCUT2D eigenvalue weighted by atomic mass is 10.1. The van der Waals surface area contributed by atoms with E-state index in [9.17, 15) is 9.18 Å². The Hall–Kier alpha value is -2.16. The fourth-order valence-corrected chi connectivity index (χ4v) is 1.76. The van der Waals surface area contributed by atoms with Crippen LogP contribution in [-0.2, 0) is 0 Å². The van der Waals surface area contributed by atoms with Crippen LogP contribution < -0.4 is 4.90 Å². The maximum atomic E-state index is 13.5. The lowest BCUT2D eigenvalue weighted by Gasteiger charge is -2.18. The van der Waals surface area contributed by atoms with Crippen molar-refractivity contribution in [2.24, 2.45) is 0 Å². The number of likely N-dealkylation sites (N-methyl/N-ethyl adjacent to an activating group) is 1. The Bertz CT molecular complexity index is 539. The first-order valence-electron chi connectivity index (χ1n) is 5.72. The summed E-state index contributed by atoms with van der Waals surface area (Å²) in [7, 11) is 1.81. The van der Waals surface area contributed by atoms with Gasteiger partial charge in [0.05, 0.1) is 12.1 Å². The Kier molecular flexibility index (Phi) is 3.72. The molecule has 0 radical (unpaired) electrons. The van der Waals surface area contributed by atoms with Crippen molar-refractivity contribution in [3.05, 3.63) is 66.0 Å². The lowest BCUT2D eigenvalue weighted by molar-refractivity contribution is 0.0996. The molecule has 3 heteroatoms. The number of hydrogen-bond acceptors (Lipinski definition) is 2. The third-order valence-corrected chi connectivity index (χ3v) is 2.75. The molecule has 0 atom stereocenters. The highest BCUT2D eigenvalue weighted by Crippen LogP contribution is 2.13. The maximum Gasteiger partial charge on any atom is 0.185 e. The molecule has 0 aliphatic heterocycles. The van der Waals surface area contributed by atoms with Crippen molar-refractivity contribution >= 4 is 11.5 Å². The molecule has 2 aromatic rings. The number of rotatable bonds is 4. The van der Waals surface area contributed by atoms with E-state index in [1.165, 1.54) is 12.1 Å². The largest absolute Gasteiger partial charge is 0.367 e. The number of benzene rings is 2. The first-order chi connectivity index (χ1) is 8.68. The molecule has 0 N–H and O–H groups in total. The van der Waals surface area contributed by atoms with E-state index in [0.29, 0.717) is 0 Å². The summed E-state index contributed by atoms with van der Waals surface area (Å²) in [6, 6.07) is 15.6. The Morgan fingerprint density at radius 1 is 1.06 bits per heavy atom. The van der Waals surface area contributed by atoms with Gasteiger partial charge < -0.3 is 4.90 Å². The van der Waals surface area contributed by atoms with E-state index in [1.807, 2.05) is 37.4 Å². The number of Topliss-reactive ketones (excluding diaryl/α,β-unsaturated/α-hetero) is 1. The maximum absolute atomic E-state index is 13.5. The van der Waals surface area contributed by atoms with Crippen LogP contribution in [0.1, 0.15) is 10.4 Å². The van der Waals surface area contributed by atoms with Crippen LogP contribution >= 0.6 is 0 Å². The number of para-hydroxylation sites is 1. The minimum absolute atomic E-state index is 0.139. The molecule has 92 valence electrons. The van der Waals surface area contributed by atoms with Gasteiger partial charge in [-0.3, -0.25) is 4.79 Å². The van der Waals surface area contributed by atoms with E-state index < -0.39 is 5.82 Å². The number of ketones is 1. The monoisotopic (exact) mass is 243 g/mol. The van der Waals surface area contributed by atoms with Gasteiger partial charge in [-0.05, 0) is 24.3 Å². The van der Waals surface area contributed by atoms with Gasteiger partial charge in [0.25, 0.3) is 0 Å². The Balaban J connectivity index is 2.11. The molecule has 0 bridgehead atoms. The predicted molar refractivity (Wildman–Crippen MR) is 70.4 cm³/mol. The first-order valence-corrected chi connectivity index (χ1v) is 5.72. The van der Waals surface area contributed by atoms with Gasteiger partial charge >= 0.3 is 0 Å². The van der Waals surface area contributed by atoms with Crippen molar-refractivity contribution < 1.29 is 9.18 Å². The fraction of sp³-hybridized carbons (Fsp3) is 0.133. The number of hydrogen-bond donors (Lipinski definition) is 0. The molecule has 0 aliphatic rings. The van der Waals surface area contributed by atoms with Crippen LogP contribution in [0.15, 0.2) is 54.6 Å². The SMILES string of the molecule is CN(CC(=O)c1ccccc1F)c1ccccc1. The lowest BCUT2D eigenvalue weighted by Crippen LogP contribution is -2.26. The fourth-order valence-electron chi connectivity index (χ4n) is 1.76. The molecule has 0 heterocycles. The standard InChI is InChI=1S/C15H14FNO/c1-17(12-7-3-2-4-8-12)11-15(18)13-9-5-6-10-14(13)16/h2-10H,11H2,1H3. The number of halogens is 1. The molecular formula is C15H14FNO. The molecular weight excluding hydrogens is 229 g/mol. The third kappa shape index (κ3) is 2.74. The summed E-state index contributed by atoms with van der Waals surface area (Å²) in [5.41, 5.74) is 1.07. The predicted octanol–water partition coefficient (Wildman–Crippen LogP) is 3.14. The average Bonchev–Trinajstić information content (AvgIpc) is 2.40. The Labute approximate surface area is 106 Å². The van der Waals surface area contributed by atoms with E-state index in [0.717, 1.165) is 5.69 Å².